The van der Waals surface area contributed by atoms with Crippen LogP contribution >= 0.6 is 23.1 Å². The van der Waals surface area contributed by atoms with Gasteiger partial charge in [0.25, 0.3) is 5.22 Å². The summed E-state index contributed by atoms with van der Waals surface area (Å²) in [4.78, 5) is 18.9. The Morgan fingerprint density at radius 2 is 2.17 bits per heavy atom. The first-order chi connectivity index (χ1) is 14.3. The third-order valence-electron chi connectivity index (χ3n) is 5.20. The molecule has 2 aromatic heterocycles. The Kier molecular flexibility index (Phi) is 6.12. The van der Waals surface area contributed by atoms with E-state index in [9.17, 15) is 13.2 Å². The van der Waals surface area contributed by atoms with Gasteiger partial charge in [0.1, 0.15) is 5.01 Å². The number of para-hydroxylation sites is 1. The van der Waals surface area contributed by atoms with E-state index in [-0.39, 0.29) is 35.1 Å². The predicted octanol–water partition coefficient (Wildman–Crippen LogP) is 2.97. The van der Waals surface area contributed by atoms with E-state index in [0.29, 0.717) is 24.0 Å². The highest BCUT2D eigenvalue weighted by Crippen LogP contribution is 2.29. The lowest BCUT2D eigenvalue weighted by molar-refractivity contribution is -0.128. The van der Waals surface area contributed by atoms with Crippen LogP contribution in [0.15, 0.2) is 33.9 Å². The summed E-state index contributed by atoms with van der Waals surface area (Å²) >= 11 is 2.77. The molecule has 1 amide bonds. The van der Waals surface area contributed by atoms with Crippen molar-refractivity contribution in [3.8, 4) is 0 Å². The topological polar surface area (TPSA) is 106 Å². The van der Waals surface area contributed by atoms with Crippen molar-refractivity contribution in [2.24, 2.45) is 5.92 Å². The molecular formula is C19H22N4O4S3. The Morgan fingerprint density at radius 3 is 2.90 bits per heavy atom. The average Bonchev–Trinajstić information content (AvgIpc) is 3.43. The molecule has 1 aliphatic heterocycles. The highest BCUT2D eigenvalue weighted by atomic mass is 32.2. The monoisotopic (exact) mass is 466 g/mol. The number of fused-ring (bicyclic) bond motifs is 1. The van der Waals surface area contributed by atoms with Crippen LogP contribution in [0.1, 0.15) is 30.3 Å². The minimum atomic E-state index is -2.93. The predicted molar refractivity (Wildman–Crippen MR) is 116 cm³/mol. The summed E-state index contributed by atoms with van der Waals surface area (Å²) in [7, 11) is -1.17. The number of thiazole rings is 1. The molecule has 0 bridgehead atoms. The quantitative estimate of drug-likeness (QED) is 0.489. The molecule has 30 heavy (non-hydrogen) atoms. The Morgan fingerprint density at radius 1 is 1.37 bits per heavy atom. The molecule has 8 nitrogen and oxygen atoms in total. The smallest absolute Gasteiger partial charge is 0.277 e. The van der Waals surface area contributed by atoms with E-state index in [1.807, 2.05) is 31.2 Å². The van der Waals surface area contributed by atoms with Gasteiger partial charge in [-0.3, -0.25) is 4.79 Å². The number of rotatable bonds is 7. The summed E-state index contributed by atoms with van der Waals surface area (Å²) in [6.45, 7) is 1.96. The lowest BCUT2D eigenvalue weighted by atomic mass is 10.1. The van der Waals surface area contributed by atoms with Gasteiger partial charge < -0.3 is 9.32 Å². The fourth-order valence-electron chi connectivity index (χ4n) is 3.33. The van der Waals surface area contributed by atoms with Crippen molar-refractivity contribution in [3.05, 3.63) is 35.2 Å². The molecule has 0 unspecified atom stereocenters. The Hall–Kier alpha value is -1.98. The minimum Gasteiger partial charge on any atom is -0.416 e. The molecule has 1 fully saturated rings. The molecule has 4 rings (SSSR count). The van der Waals surface area contributed by atoms with Crippen molar-refractivity contribution in [1.82, 2.24) is 20.1 Å². The third kappa shape index (κ3) is 4.84. The molecule has 2 atom stereocenters. The maximum absolute atomic E-state index is 12.6. The second kappa shape index (κ2) is 8.64. The summed E-state index contributed by atoms with van der Waals surface area (Å²) in [6.07, 6.45) is 1.08. The van der Waals surface area contributed by atoms with Crippen LogP contribution in [0.2, 0.25) is 0 Å². The minimum absolute atomic E-state index is 0.0238. The third-order valence-corrected chi connectivity index (χ3v) is 9.05. The number of nitrogens with zero attached hydrogens (tertiary/aromatic N) is 4. The van der Waals surface area contributed by atoms with Crippen molar-refractivity contribution >= 4 is 49.1 Å². The fourth-order valence-corrected chi connectivity index (χ4v) is 6.96. The fraction of sp³-hybridized carbons (Fsp3) is 0.474. The number of hydrogen-bond acceptors (Lipinski definition) is 9. The number of carbonyl (C=O) groups excluding carboxylic acids is 1. The Labute approximate surface area is 183 Å². The van der Waals surface area contributed by atoms with Crippen molar-refractivity contribution in [2.45, 2.75) is 31.0 Å². The second-order valence-electron chi connectivity index (χ2n) is 7.42. The number of thioether (sulfide) groups is 1. The van der Waals surface area contributed by atoms with Crippen LogP contribution in [0, 0.1) is 5.92 Å². The molecule has 160 valence electrons. The maximum atomic E-state index is 12.6. The number of sulfone groups is 1. The van der Waals surface area contributed by atoms with Crippen molar-refractivity contribution in [1.29, 1.82) is 0 Å². The van der Waals surface area contributed by atoms with E-state index in [4.69, 9.17) is 4.42 Å². The number of aromatic nitrogens is 3. The number of benzene rings is 1. The van der Waals surface area contributed by atoms with E-state index in [0.717, 1.165) is 15.2 Å². The van der Waals surface area contributed by atoms with Gasteiger partial charge in [0.2, 0.25) is 11.8 Å². The first-order valence-electron chi connectivity index (χ1n) is 9.57. The molecule has 0 radical (unpaired) electrons. The first kappa shape index (κ1) is 21.3. The van der Waals surface area contributed by atoms with Gasteiger partial charge in [-0.2, -0.15) is 0 Å². The summed E-state index contributed by atoms with van der Waals surface area (Å²) in [5.41, 5.74) is 0.938. The van der Waals surface area contributed by atoms with Gasteiger partial charge in [-0.1, -0.05) is 23.9 Å². The lowest BCUT2D eigenvalue weighted by Gasteiger charge is -2.22. The number of hydrogen-bond donors (Lipinski definition) is 0. The molecule has 1 saturated heterocycles. The summed E-state index contributed by atoms with van der Waals surface area (Å²) in [5.74, 6) is 0.948. The normalized spacial score (nSPS) is 19.2. The van der Waals surface area contributed by atoms with Crippen LogP contribution in [0.5, 0.6) is 0 Å². The molecular weight excluding hydrogens is 444 g/mol. The molecule has 0 saturated carbocycles. The van der Waals surface area contributed by atoms with Crippen molar-refractivity contribution < 1.29 is 17.6 Å². The van der Waals surface area contributed by atoms with Crippen LogP contribution in [0.25, 0.3) is 10.2 Å². The molecule has 3 aromatic rings. The Bertz CT molecular complexity index is 1120. The van der Waals surface area contributed by atoms with E-state index >= 15 is 0 Å². The molecule has 0 spiro atoms. The standard InChI is InChI=1S/C19H22N4O4S3/c1-12(18-20-14-5-3-4-6-15(14)29-18)23(2)17(24)10-28-19-22-21-16(27-19)9-13-7-8-30(25,26)11-13/h3-6,12-13H,7-11H2,1-2H3/t12-,13-/m0/s1. The maximum Gasteiger partial charge on any atom is 0.277 e. The average molecular weight is 467 g/mol. The Balaban J connectivity index is 1.31. The summed E-state index contributed by atoms with van der Waals surface area (Å²) in [6, 6.07) is 7.78. The zero-order valence-electron chi connectivity index (χ0n) is 16.6. The zero-order chi connectivity index (χ0) is 21.3. The van der Waals surface area contributed by atoms with Crippen LogP contribution in [-0.4, -0.2) is 58.7 Å². The van der Waals surface area contributed by atoms with Crippen molar-refractivity contribution in [3.63, 3.8) is 0 Å². The van der Waals surface area contributed by atoms with Gasteiger partial charge in [-0.05, 0) is 31.4 Å². The van der Waals surface area contributed by atoms with Gasteiger partial charge in [-0.15, -0.1) is 21.5 Å². The van der Waals surface area contributed by atoms with E-state index < -0.39 is 9.84 Å². The van der Waals surface area contributed by atoms with Gasteiger partial charge >= 0.3 is 0 Å². The second-order valence-corrected chi connectivity index (χ2v) is 11.6. The molecule has 1 aliphatic rings. The highest BCUT2D eigenvalue weighted by molar-refractivity contribution is 7.99. The largest absolute Gasteiger partial charge is 0.416 e. The van der Waals surface area contributed by atoms with Gasteiger partial charge in [-0.25, -0.2) is 13.4 Å². The van der Waals surface area contributed by atoms with Crippen LogP contribution in [0.3, 0.4) is 0 Å². The zero-order valence-corrected chi connectivity index (χ0v) is 19.1. The highest BCUT2D eigenvalue weighted by Gasteiger charge is 2.29. The molecule has 0 aliphatic carbocycles. The number of amides is 1. The van der Waals surface area contributed by atoms with Crippen LogP contribution < -0.4 is 0 Å². The summed E-state index contributed by atoms with van der Waals surface area (Å²) < 4.78 is 29.8. The van der Waals surface area contributed by atoms with Crippen LogP contribution in [0.4, 0.5) is 0 Å². The van der Waals surface area contributed by atoms with Gasteiger partial charge in [0.05, 0.1) is 33.5 Å². The van der Waals surface area contributed by atoms with E-state index in [1.165, 1.54) is 11.8 Å². The van der Waals surface area contributed by atoms with Gasteiger partial charge in [0, 0.05) is 13.5 Å². The SMILES string of the molecule is C[C@@H](c1nc2ccccc2s1)N(C)C(=O)CSc1nnc(C[C@@H]2CCS(=O)(=O)C2)o1. The number of carbonyl (C=O) groups is 1. The lowest BCUT2D eigenvalue weighted by Crippen LogP contribution is -2.31. The van der Waals surface area contributed by atoms with Crippen molar-refractivity contribution in [2.75, 3.05) is 24.3 Å². The molecule has 1 aromatic carbocycles. The first-order valence-corrected chi connectivity index (χ1v) is 13.2. The summed E-state index contributed by atoms with van der Waals surface area (Å²) in [5, 5.41) is 9.18. The van der Waals surface area contributed by atoms with Gasteiger partial charge in [0.15, 0.2) is 9.84 Å². The molecule has 0 N–H and O–H groups in total. The van der Waals surface area contributed by atoms with Crippen LogP contribution in [-0.2, 0) is 21.1 Å². The molecule has 3 heterocycles. The van der Waals surface area contributed by atoms with E-state index in [1.54, 1.807) is 23.3 Å². The van der Waals surface area contributed by atoms with E-state index in [2.05, 4.69) is 15.2 Å². The molecule has 11 heteroatoms.